The van der Waals surface area contributed by atoms with Crippen LogP contribution < -0.4 is 5.73 Å². The third-order valence-corrected chi connectivity index (χ3v) is 2.18. The second kappa shape index (κ2) is 4.18. The summed E-state index contributed by atoms with van der Waals surface area (Å²) in [5, 5.41) is 9.11. The highest BCUT2D eigenvalue weighted by Crippen LogP contribution is 2.22. The first-order chi connectivity index (χ1) is 5.65. The zero-order valence-electron chi connectivity index (χ0n) is 6.17. The van der Waals surface area contributed by atoms with Gasteiger partial charge in [0.05, 0.1) is 12.6 Å². The Morgan fingerprint density at radius 2 is 2.42 bits per heavy atom. The molecule has 0 amide bonds. The highest BCUT2D eigenvalue weighted by atomic mass is 79.9. The van der Waals surface area contributed by atoms with Crippen LogP contribution >= 0.6 is 27.5 Å². The van der Waals surface area contributed by atoms with Gasteiger partial charge in [-0.3, -0.25) is 0 Å². The van der Waals surface area contributed by atoms with Crippen LogP contribution in [-0.4, -0.2) is 16.7 Å². The summed E-state index contributed by atoms with van der Waals surface area (Å²) < 4.78 is 0.797. The van der Waals surface area contributed by atoms with Crippen LogP contribution in [-0.2, 0) is 0 Å². The van der Waals surface area contributed by atoms with E-state index in [1.54, 1.807) is 12.3 Å². The molecule has 1 unspecified atom stereocenters. The van der Waals surface area contributed by atoms with Crippen LogP contribution in [0, 0.1) is 0 Å². The summed E-state index contributed by atoms with van der Waals surface area (Å²) in [6, 6.07) is 1.28. The second-order valence-corrected chi connectivity index (χ2v) is 3.60. The second-order valence-electron chi connectivity index (χ2n) is 2.32. The van der Waals surface area contributed by atoms with E-state index in [9.17, 15) is 0 Å². The van der Waals surface area contributed by atoms with Crippen LogP contribution in [0.15, 0.2) is 16.7 Å². The lowest BCUT2D eigenvalue weighted by molar-refractivity contribution is 0.268. The molecule has 1 aromatic rings. The van der Waals surface area contributed by atoms with Crippen LogP contribution in [0.4, 0.5) is 0 Å². The Bertz CT molecular complexity index is 282. The normalized spacial score (nSPS) is 13.0. The fraction of sp³-hybridized carbons (Fsp3) is 0.286. The molecule has 0 radical (unpaired) electrons. The number of nitrogens with two attached hydrogens (primary N) is 1. The molecule has 1 rings (SSSR count). The summed E-state index contributed by atoms with van der Waals surface area (Å²) in [7, 11) is 0. The number of hydrogen-bond acceptors (Lipinski definition) is 3. The Balaban J connectivity index is 3.04. The minimum atomic E-state index is -0.470. The lowest BCUT2D eigenvalue weighted by Crippen LogP contribution is -2.15. The van der Waals surface area contributed by atoms with Crippen molar-refractivity contribution >= 4 is 27.5 Å². The Kier molecular flexibility index (Phi) is 3.46. The molecule has 1 atom stereocenters. The van der Waals surface area contributed by atoms with Gasteiger partial charge in [-0.15, -0.1) is 0 Å². The summed E-state index contributed by atoms with van der Waals surface area (Å²) in [6.07, 6.45) is 1.58. The van der Waals surface area contributed by atoms with E-state index in [4.69, 9.17) is 22.4 Å². The molecule has 0 bridgehead atoms. The Morgan fingerprint density at radius 1 is 1.75 bits per heavy atom. The summed E-state index contributed by atoms with van der Waals surface area (Å²) in [5.41, 5.74) is 6.22. The van der Waals surface area contributed by atoms with Gasteiger partial charge in [-0.25, -0.2) is 4.98 Å². The number of pyridine rings is 1. The van der Waals surface area contributed by atoms with Crippen molar-refractivity contribution in [1.82, 2.24) is 4.98 Å². The molecule has 0 fully saturated rings. The number of aromatic nitrogens is 1. The van der Waals surface area contributed by atoms with Crippen molar-refractivity contribution in [3.05, 3.63) is 27.5 Å². The molecular formula is C7H8BrClN2O. The zero-order chi connectivity index (χ0) is 9.14. The molecule has 66 valence electrons. The number of nitrogens with zero attached hydrogens (tertiary/aromatic N) is 1. The molecule has 3 nitrogen and oxygen atoms in total. The summed E-state index contributed by atoms with van der Waals surface area (Å²) >= 11 is 8.98. The van der Waals surface area contributed by atoms with E-state index >= 15 is 0 Å². The molecule has 5 heteroatoms. The number of rotatable bonds is 2. The van der Waals surface area contributed by atoms with Crippen LogP contribution in [0.5, 0.6) is 0 Å². The van der Waals surface area contributed by atoms with Gasteiger partial charge in [0.25, 0.3) is 0 Å². The molecule has 12 heavy (non-hydrogen) atoms. The van der Waals surface area contributed by atoms with Gasteiger partial charge in [-0.2, -0.15) is 0 Å². The van der Waals surface area contributed by atoms with E-state index in [1.807, 2.05) is 0 Å². The molecular weight excluding hydrogens is 243 g/mol. The summed E-state index contributed by atoms with van der Waals surface area (Å²) in [4.78, 5) is 3.88. The smallest absolute Gasteiger partial charge is 0.133 e. The molecule has 3 N–H and O–H groups in total. The Morgan fingerprint density at radius 3 is 3.00 bits per heavy atom. The van der Waals surface area contributed by atoms with Crippen molar-refractivity contribution in [3.8, 4) is 0 Å². The molecule has 0 saturated carbocycles. The van der Waals surface area contributed by atoms with E-state index in [-0.39, 0.29) is 6.61 Å². The van der Waals surface area contributed by atoms with Gasteiger partial charge in [0.1, 0.15) is 5.15 Å². The van der Waals surface area contributed by atoms with E-state index < -0.39 is 6.04 Å². The van der Waals surface area contributed by atoms with E-state index in [0.29, 0.717) is 10.7 Å². The number of aliphatic hydroxyl groups excluding tert-OH is 1. The highest BCUT2D eigenvalue weighted by molar-refractivity contribution is 9.10. The molecule has 0 aliphatic heterocycles. The quantitative estimate of drug-likeness (QED) is 0.783. The summed E-state index contributed by atoms with van der Waals surface area (Å²) in [5.74, 6) is 0. The van der Waals surface area contributed by atoms with Crippen molar-refractivity contribution in [2.75, 3.05) is 6.61 Å². The van der Waals surface area contributed by atoms with Crippen molar-refractivity contribution in [2.45, 2.75) is 6.04 Å². The summed E-state index contributed by atoms with van der Waals surface area (Å²) in [6.45, 7) is -0.141. The largest absolute Gasteiger partial charge is 0.394 e. The van der Waals surface area contributed by atoms with Crippen LogP contribution in [0.25, 0.3) is 0 Å². The molecule has 0 aliphatic rings. The van der Waals surface area contributed by atoms with Crippen molar-refractivity contribution in [1.29, 1.82) is 0 Å². The van der Waals surface area contributed by atoms with Crippen LogP contribution in [0.3, 0.4) is 0 Å². The van der Waals surface area contributed by atoms with E-state index in [0.717, 1.165) is 4.47 Å². The predicted molar refractivity (Wildman–Crippen MR) is 51.0 cm³/mol. The molecule has 0 spiro atoms. The van der Waals surface area contributed by atoms with Crippen LogP contribution in [0.1, 0.15) is 11.6 Å². The maximum atomic E-state index is 8.78. The Labute approximate surface area is 83.7 Å². The minimum Gasteiger partial charge on any atom is -0.394 e. The van der Waals surface area contributed by atoms with Gasteiger partial charge in [-0.05, 0) is 22.0 Å². The van der Waals surface area contributed by atoms with Crippen molar-refractivity contribution < 1.29 is 5.11 Å². The Hall–Kier alpha value is -0.160. The van der Waals surface area contributed by atoms with Gasteiger partial charge < -0.3 is 10.8 Å². The average Bonchev–Trinajstić information content (AvgIpc) is 2.08. The van der Waals surface area contributed by atoms with E-state index in [1.165, 1.54) is 0 Å². The molecule has 0 aromatic carbocycles. The number of aliphatic hydroxyl groups is 1. The van der Waals surface area contributed by atoms with Gasteiger partial charge in [0.15, 0.2) is 0 Å². The highest BCUT2D eigenvalue weighted by Gasteiger charge is 2.09. The van der Waals surface area contributed by atoms with Gasteiger partial charge in [0.2, 0.25) is 0 Å². The molecule has 0 aliphatic carbocycles. The lowest BCUT2D eigenvalue weighted by atomic mass is 10.1. The fourth-order valence-electron chi connectivity index (χ4n) is 0.797. The lowest BCUT2D eigenvalue weighted by Gasteiger charge is -2.09. The number of hydrogen-bond donors (Lipinski definition) is 2. The monoisotopic (exact) mass is 250 g/mol. The van der Waals surface area contributed by atoms with Crippen molar-refractivity contribution in [3.63, 3.8) is 0 Å². The maximum absolute atomic E-state index is 8.78. The third-order valence-electron chi connectivity index (χ3n) is 1.43. The molecule has 1 heterocycles. The maximum Gasteiger partial charge on any atom is 0.133 e. The third kappa shape index (κ3) is 2.17. The van der Waals surface area contributed by atoms with Gasteiger partial charge in [0, 0.05) is 16.2 Å². The first-order valence-corrected chi connectivity index (χ1v) is 4.49. The molecule has 0 saturated heterocycles. The average molecular weight is 252 g/mol. The van der Waals surface area contributed by atoms with Crippen molar-refractivity contribution in [2.24, 2.45) is 5.73 Å². The standard InChI is InChI=1S/C7H8BrClN2O/c8-4-1-5(6(10)3-12)7(9)11-2-4/h1-2,6,12H,3,10H2. The minimum absolute atomic E-state index is 0.141. The first kappa shape index (κ1) is 9.92. The topological polar surface area (TPSA) is 59.1 Å². The van der Waals surface area contributed by atoms with Crippen LogP contribution in [0.2, 0.25) is 5.15 Å². The van der Waals surface area contributed by atoms with Gasteiger partial charge >= 0.3 is 0 Å². The van der Waals surface area contributed by atoms with E-state index in [2.05, 4.69) is 20.9 Å². The van der Waals surface area contributed by atoms with Gasteiger partial charge in [-0.1, -0.05) is 11.6 Å². The predicted octanol–water partition coefficient (Wildman–Crippen LogP) is 1.49. The zero-order valence-corrected chi connectivity index (χ0v) is 8.51. The first-order valence-electron chi connectivity index (χ1n) is 3.32. The fourth-order valence-corrected chi connectivity index (χ4v) is 1.39. The SMILES string of the molecule is NC(CO)c1cc(Br)cnc1Cl. The molecule has 1 aromatic heterocycles. The number of halogens is 2.